The zero-order valence-electron chi connectivity index (χ0n) is 11.9. The Morgan fingerprint density at radius 1 is 1.19 bits per heavy atom. The molecule has 5 nitrogen and oxygen atoms in total. The summed E-state index contributed by atoms with van der Waals surface area (Å²) in [5, 5.41) is 7.62. The van der Waals surface area contributed by atoms with E-state index in [1.165, 1.54) is 18.4 Å². The summed E-state index contributed by atoms with van der Waals surface area (Å²) in [7, 11) is 0. The number of nitrogens with zero attached hydrogens (tertiary/aromatic N) is 2. The van der Waals surface area contributed by atoms with Gasteiger partial charge >= 0.3 is 0 Å². The van der Waals surface area contributed by atoms with Crippen LogP contribution < -0.4 is 10.1 Å². The zero-order chi connectivity index (χ0) is 14.1. The van der Waals surface area contributed by atoms with Crippen LogP contribution in [0.25, 0.3) is 0 Å². The van der Waals surface area contributed by atoms with Crippen molar-refractivity contribution in [3.8, 4) is 5.75 Å². The van der Waals surface area contributed by atoms with Crippen LogP contribution in [-0.4, -0.2) is 23.3 Å². The van der Waals surface area contributed by atoms with Gasteiger partial charge in [0.15, 0.2) is 5.82 Å². The van der Waals surface area contributed by atoms with Crippen LogP contribution in [-0.2, 0) is 6.42 Å². The van der Waals surface area contributed by atoms with Gasteiger partial charge in [0.05, 0.1) is 18.6 Å². The SMILES string of the molecule is c1ccc2c(c1)CC(c1noc([C@@H]3CCCCN3)n1)CO2. The molecule has 2 aliphatic rings. The van der Waals surface area contributed by atoms with Crippen LogP contribution in [0.15, 0.2) is 28.8 Å². The molecule has 4 rings (SSSR count). The topological polar surface area (TPSA) is 60.2 Å². The van der Waals surface area contributed by atoms with Gasteiger partial charge < -0.3 is 14.6 Å². The largest absolute Gasteiger partial charge is 0.493 e. The number of ether oxygens (including phenoxy) is 1. The van der Waals surface area contributed by atoms with Crippen molar-refractivity contribution in [1.82, 2.24) is 15.5 Å². The summed E-state index contributed by atoms with van der Waals surface area (Å²) in [6.45, 7) is 1.65. The highest BCUT2D eigenvalue weighted by atomic mass is 16.5. The average molecular weight is 285 g/mol. The normalized spacial score (nSPS) is 25.1. The summed E-state index contributed by atoms with van der Waals surface area (Å²) >= 11 is 0. The maximum absolute atomic E-state index is 5.81. The molecule has 0 aliphatic carbocycles. The van der Waals surface area contributed by atoms with E-state index >= 15 is 0 Å². The summed E-state index contributed by atoms with van der Waals surface area (Å²) < 4.78 is 11.3. The fourth-order valence-corrected chi connectivity index (χ4v) is 3.11. The number of piperidine rings is 1. The Kier molecular flexibility index (Phi) is 3.35. The van der Waals surface area contributed by atoms with Crippen LogP contribution in [0.1, 0.15) is 48.5 Å². The van der Waals surface area contributed by atoms with Crippen molar-refractivity contribution in [2.75, 3.05) is 13.2 Å². The van der Waals surface area contributed by atoms with Crippen LogP contribution in [0, 0.1) is 0 Å². The third-order valence-corrected chi connectivity index (χ3v) is 4.31. The van der Waals surface area contributed by atoms with Crippen molar-refractivity contribution < 1.29 is 9.26 Å². The fourth-order valence-electron chi connectivity index (χ4n) is 3.11. The maximum Gasteiger partial charge on any atom is 0.243 e. The molecule has 110 valence electrons. The second-order valence-corrected chi connectivity index (χ2v) is 5.81. The second kappa shape index (κ2) is 5.48. The molecule has 5 heteroatoms. The van der Waals surface area contributed by atoms with Crippen LogP contribution in [0.2, 0.25) is 0 Å². The van der Waals surface area contributed by atoms with Gasteiger partial charge in [-0.15, -0.1) is 0 Å². The number of para-hydroxylation sites is 1. The summed E-state index contributed by atoms with van der Waals surface area (Å²) in [6.07, 6.45) is 4.43. The van der Waals surface area contributed by atoms with Gasteiger partial charge in [-0.3, -0.25) is 0 Å². The van der Waals surface area contributed by atoms with Crippen molar-refractivity contribution in [2.24, 2.45) is 0 Å². The van der Waals surface area contributed by atoms with Crippen molar-refractivity contribution in [3.63, 3.8) is 0 Å². The number of rotatable bonds is 2. The molecule has 2 aromatic rings. The molecule has 1 aromatic carbocycles. The van der Waals surface area contributed by atoms with Gasteiger partial charge in [-0.25, -0.2) is 0 Å². The highest BCUT2D eigenvalue weighted by Gasteiger charge is 2.27. The number of hydrogen-bond acceptors (Lipinski definition) is 5. The zero-order valence-corrected chi connectivity index (χ0v) is 11.9. The minimum absolute atomic E-state index is 0.181. The molecule has 21 heavy (non-hydrogen) atoms. The average Bonchev–Trinajstić information content (AvgIpc) is 3.05. The first-order chi connectivity index (χ1) is 10.4. The highest BCUT2D eigenvalue weighted by Crippen LogP contribution is 2.31. The molecule has 1 saturated heterocycles. The lowest BCUT2D eigenvalue weighted by Crippen LogP contribution is -2.27. The molecule has 1 aromatic heterocycles. The predicted molar refractivity (Wildman–Crippen MR) is 77.3 cm³/mol. The first-order valence-electron chi connectivity index (χ1n) is 7.68. The van der Waals surface area contributed by atoms with E-state index < -0.39 is 0 Å². The summed E-state index contributed by atoms with van der Waals surface area (Å²) in [4.78, 5) is 4.61. The molecular formula is C16H19N3O2. The number of benzene rings is 1. The number of fused-ring (bicyclic) bond motifs is 1. The van der Waals surface area contributed by atoms with E-state index in [2.05, 4.69) is 21.5 Å². The minimum atomic E-state index is 0.181. The highest BCUT2D eigenvalue weighted by molar-refractivity contribution is 5.36. The van der Waals surface area contributed by atoms with Gasteiger partial charge in [0.1, 0.15) is 5.75 Å². The van der Waals surface area contributed by atoms with Crippen molar-refractivity contribution >= 4 is 0 Å². The van der Waals surface area contributed by atoms with Crippen LogP contribution in [0.5, 0.6) is 5.75 Å². The molecule has 0 saturated carbocycles. The van der Waals surface area contributed by atoms with E-state index in [1.54, 1.807) is 0 Å². The van der Waals surface area contributed by atoms with E-state index in [-0.39, 0.29) is 12.0 Å². The summed E-state index contributed by atoms with van der Waals surface area (Å²) in [5.74, 6) is 2.66. The second-order valence-electron chi connectivity index (χ2n) is 5.81. The number of aromatic nitrogens is 2. The van der Waals surface area contributed by atoms with Crippen molar-refractivity contribution in [1.29, 1.82) is 0 Å². The lowest BCUT2D eigenvalue weighted by atomic mass is 9.96. The lowest BCUT2D eigenvalue weighted by molar-refractivity contribution is 0.252. The summed E-state index contributed by atoms with van der Waals surface area (Å²) in [6, 6.07) is 8.37. The third-order valence-electron chi connectivity index (χ3n) is 4.31. The van der Waals surface area contributed by atoms with Gasteiger partial charge in [-0.2, -0.15) is 4.98 Å². The van der Waals surface area contributed by atoms with Gasteiger partial charge in [0, 0.05) is 0 Å². The first-order valence-corrected chi connectivity index (χ1v) is 7.68. The third kappa shape index (κ3) is 2.53. The molecule has 2 atom stereocenters. The molecule has 0 bridgehead atoms. The Bertz CT molecular complexity index is 619. The molecule has 1 N–H and O–H groups in total. The van der Waals surface area contributed by atoms with Crippen LogP contribution >= 0.6 is 0 Å². The van der Waals surface area contributed by atoms with Gasteiger partial charge in [0.25, 0.3) is 0 Å². The Hall–Kier alpha value is -1.88. The van der Waals surface area contributed by atoms with Gasteiger partial charge in [-0.05, 0) is 37.4 Å². The van der Waals surface area contributed by atoms with E-state index in [4.69, 9.17) is 9.26 Å². The quantitative estimate of drug-likeness (QED) is 0.919. The van der Waals surface area contributed by atoms with Crippen LogP contribution in [0.3, 0.4) is 0 Å². The maximum atomic E-state index is 5.81. The molecule has 0 radical (unpaired) electrons. The fraction of sp³-hybridized carbons (Fsp3) is 0.500. The number of hydrogen-bond donors (Lipinski definition) is 1. The standard InChI is InChI=1S/C16H19N3O2/c1-2-7-14-11(5-1)9-12(10-20-14)15-18-16(21-19-15)13-6-3-4-8-17-13/h1-2,5,7,12-13,17H,3-4,6,8-10H2/t12?,13-/m0/s1. The Labute approximate surface area is 123 Å². The van der Waals surface area contributed by atoms with Crippen molar-refractivity contribution in [2.45, 2.75) is 37.6 Å². The van der Waals surface area contributed by atoms with Gasteiger partial charge in [-0.1, -0.05) is 29.8 Å². The number of nitrogens with one attached hydrogen (secondary N) is 1. The van der Waals surface area contributed by atoms with E-state index in [0.717, 1.165) is 36.9 Å². The molecule has 1 fully saturated rings. The Morgan fingerprint density at radius 2 is 2.14 bits per heavy atom. The van der Waals surface area contributed by atoms with E-state index in [0.29, 0.717) is 6.61 Å². The summed E-state index contributed by atoms with van der Waals surface area (Å²) in [5.41, 5.74) is 1.22. The Balaban J connectivity index is 1.51. The molecule has 2 aliphatic heterocycles. The minimum Gasteiger partial charge on any atom is -0.493 e. The molecular weight excluding hydrogens is 266 g/mol. The van der Waals surface area contributed by atoms with E-state index in [1.807, 2.05) is 18.2 Å². The monoisotopic (exact) mass is 285 g/mol. The predicted octanol–water partition coefficient (Wildman–Crippen LogP) is 2.60. The first kappa shape index (κ1) is 12.8. The molecule has 1 unspecified atom stereocenters. The van der Waals surface area contributed by atoms with Gasteiger partial charge in [0.2, 0.25) is 5.89 Å². The molecule has 3 heterocycles. The molecule has 0 spiro atoms. The smallest absolute Gasteiger partial charge is 0.243 e. The van der Waals surface area contributed by atoms with Crippen LogP contribution in [0.4, 0.5) is 0 Å². The van der Waals surface area contributed by atoms with E-state index in [9.17, 15) is 0 Å². The van der Waals surface area contributed by atoms with Crippen molar-refractivity contribution in [3.05, 3.63) is 41.5 Å². The lowest BCUT2D eigenvalue weighted by Gasteiger charge is -2.23. The molecule has 0 amide bonds. The Morgan fingerprint density at radius 3 is 3.05 bits per heavy atom.